The summed E-state index contributed by atoms with van der Waals surface area (Å²) < 4.78 is 27.4. The minimum atomic E-state index is -3.86. The molecule has 24 heavy (non-hydrogen) atoms. The summed E-state index contributed by atoms with van der Waals surface area (Å²) in [6.45, 7) is 1.39. The zero-order valence-electron chi connectivity index (χ0n) is 12.9. The number of esters is 1. The number of hydrogen-bond donors (Lipinski definition) is 2. The molecule has 0 atom stereocenters. The number of rotatable bonds is 5. The third-order valence-electron chi connectivity index (χ3n) is 3.07. The van der Waals surface area contributed by atoms with Crippen molar-refractivity contribution in [3.05, 3.63) is 59.7 Å². The van der Waals surface area contributed by atoms with Crippen LogP contribution in [-0.4, -0.2) is 26.9 Å². The molecule has 0 spiro atoms. The number of sulfonamides is 1. The van der Waals surface area contributed by atoms with Crippen LogP contribution in [0.25, 0.3) is 0 Å². The summed E-state index contributed by atoms with van der Waals surface area (Å²) in [5, 5.41) is 7.45. The van der Waals surface area contributed by atoms with Crippen molar-refractivity contribution in [2.24, 2.45) is 5.14 Å². The highest BCUT2D eigenvalue weighted by atomic mass is 32.2. The highest BCUT2D eigenvalue weighted by molar-refractivity contribution is 7.89. The molecule has 0 unspecified atom stereocenters. The van der Waals surface area contributed by atoms with Gasteiger partial charge < -0.3 is 10.1 Å². The Kier molecular flexibility index (Phi) is 5.32. The number of nitrogens with one attached hydrogen (secondary N) is 1. The summed E-state index contributed by atoms with van der Waals surface area (Å²) in [6.07, 6.45) is 0. The lowest BCUT2D eigenvalue weighted by atomic mass is 10.1. The summed E-state index contributed by atoms with van der Waals surface area (Å²) in [4.78, 5) is 23.5. The van der Waals surface area contributed by atoms with Crippen LogP contribution in [0.2, 0.25) is 0 Å². The van der Waals surface area contributed by atoms with Crippen molar-refractivity contribution in [2.75, 3.05) is 11.9 Å². The lowest BCUT2D eigenvalue weighted by Crippen LogP contribution is -2.21. The van der Waals surface area contributed by atoms with E-state index in [1.165, 1.54) is 24.3 Å². The Bertz CT molecular complexity index is 860. The van der Waals surface area contributed by atoms with Crippen molar-refractivity contribution < 1.29 is 22.7 Å². The Hall–Kier alpha value is -2.71. The number of carbonyl (C=O) groups excluding carboxylic acids is 2. The van der Waals surface area contributed by atoms with E-state index in [9.17, 15) is 18.0 Å². The number of amides is 1. The van der Waals surface area contributed by atoms with Crippen LogP contribution in [-0.2, 0) is 19.6 Å². The number of hydrogen-bond acceptors (Lipinski definition) is 5. The first kappa shape index (κ1) is 17.6. The van der Waals surface area contributed by atoms with Crippen molar-refractivity contribution in [1.82, 2.24) is 0 Å². The third kappa shape index (κ3) is 4.90. The number of anilines is 1. The second-order valence-corrected chi connectivity index (χ2v) is 6.62. The summed E-state index contributed by atoms with van der Waals surface area (Å²) in [5.74, 6) is -1.22. The van der Waals surface area contributed by atoms with Gasteiger partial charge in [-0.05, 0) is 37.3 Å². The topological polar surface area (TPSA) is 116 Å². The predicted octanol–water partition coefficient (Wildman–Crippen LogP) is 1.44. The molecule has 126 valence electrons. The summed E-state index contributed by atoms with van der Waals surface area (Å²) in [6, 6.07) is 12.2. The largest absolute Gasteiger partial charge is 0.452 e. The van der Waals surface area contributed by atoms with Gasteiger partial charge in [0.25, 0.3) is 5.91 Å². The van der Waals surface area contributed by atoms with Crippen molar-refractivity contribution in [3.8, 4) is 0 Å². The molecule has 1 amide bonds. The fourth-order valence-corrected chi connectivity index (χ4v) is 2.41. The molecule has 0 saturated heterocycles. The average Bonchev–Trinajstić information content (AvgIpc) is 2.53. The van der Waals surface area contributed by atoms with E-state index in [-0.39, 0.29) is 10.6 Å². The molecule has 2 rings (SSSR count). The van der Waals surface area contributed by atoms with Crippen molar-refractivity contribution in [3.63, 3.8) is 0 Å². The maximum absolute atomic E-state index is 11.8. The number of ether oxygens (including phenoxy) is 1. The molecule has 7 nitrogen and oxygen atoms in total. The Labute approximate surface area is 139 Å². The molecule has 0 fully saturated rings. The smallest absolute Gasteiger partial charge is 0.338 e. The third-order valence-corrected chi connectivity index (χ3v) is 3.98. The van der Waals surface area contributed by atoms with Crippen LogP contribution in [0.5, 0.6) is 0 Å². The van der Waals surface area contributed by atoms with Gasteiger partial charge in [0.05, 0.1) is 10.5 Å². The normalized spacial score (nSPS) is 10.9. The van der Waals surface area contributed by atoms with Crippen LogP contribution in [0.1, 0.15) is 15.9 Å². The molecule has 0 saturated carbocycles. The minimum Gasteiger partial charge on any atom is -0.452 e. The van der Waals surface area contributed by atoms with E-state index in [1.807, 2.05) is 6.92 Å². The van der Waals surface area contributed by atoms with E-state index in [2.05, 4.69) is 5.32 Å². The van der Waals surface area contributed by atoms with E-state index in [1.54, 1.807) is 24.3 Å². The van der Waals surface area contributed by atoms with Gasteiger partial charge in [-0.15, -0.1) is 0 Å². The molecular weight excluding hydrogens is 332 g/mol. The van der Waals surface area contributed by atoms with Gasteiger partial charge in [0.2, 0.25) is 10.0 Å². The van der Waals surface area contributed by atoms with Crippen LogP contribution < -0.4 is 10.5 Å². The molecule has 3 N–H and O–H groups in total. The Morgan fingerprint density at radius 3 is 2.42 bits per heavy atom. The minimum absolute atomic E-state index is 0.128. The van der Waals surface area contributed by atoms with Gasteiger partial charge in [-0.25, -0.2) is 18.4 Å². The molecule has 0 heterocycles. The number of carbonyl (C=O) groups is 2. The van der Waals surface area contributed by atoms with Gasteiger partial charge in [0.15, 0.2) is 6.61 Å². The van der Waals surface area contributed by atoms with Crippen molar-refractivity contribution in [2.45, 2.75) is 11.8 Å². The molecule has 0 aromatic heterocycles. The first-order chi connectivity index (χ1) is 11.3. The maximum Gasteiger partial charge on any atom is 0.338 e. The van der Waals surface area contributed by atoms with Gasteiger partial charge >= 0.3 is 5.97 Å². The van der Waals surface area contributed by atoms with Gasteiger partial charge in [0.1, 0.15) is 0 Å². The second kappa shape index (κ2) is 7.24. The first-order valence-corrected chi connectivity index (χ1v) is 8.47. The molecule has 8 heteroatoms. The fourth-order valence-electron chi connectivity index (χ4n) is 1.85. The van der Waals surface area contributed by atoms with E-state index in [4.69, 9.17) is 9.88 Å². The van der Waals surface area contributed by atoms with E-state index >= 15 is 0 Å². The Morgan fingerprint density at radius 1 is 1.12 bits per heavy atom. The van der Waals surface area contributed by atoms with Crippen LogP contribution in [0.15, 0.2) is 53.4 Å². The van der Waals surface area contributed by atoms with Gasteiger partial charge in [-0.1, -0.05) is 23.8 Å². The second-order valence-electron chi connectivity index (χ2n) is 5.06. The first-order valence-electron chi connectivity index (χ1n) is 6.92. The van der Waals surface area contributed by atoms with Crippen molar-refractivity contribution >= 4 is 27.6 Å². The molecule has 0 aliphatic rings. The zero-order valence-corrected chi connectivity index (χ0v) is 13.7. The van der Waals surface area contributed by atoms with E-state index in [0.29, 0.717) is 5.56 Å². The molecular formula is C16H16N2O5S. The van der Waals surface area contributed by atoms with Crippen molar-refractivity contribution in [1.29, 1.82) is 0 Å². The highest BCUT2D eigenvalue weighted by Crippen LogP contribution is 2.14. The number of aryl methyl sites for hydroxylation is 1. The Morgan fingerprint density at radius 2 is 1.79 bits per heavy atom. The van der Waals surface area contributed by atoms with Crippen LogP contribution in [0.3, 0.4) is 0 Å². The van der Waals surface area contributed by atoms with Gasteiger partial charge in [-0.3, -0.25) is 4.79 Å². The average molecular weight is 348 g/mol. The summed E-state index contributed by atoms with van der Waals surface area (Å²) in [5.41, 5.74) is 1.57. The number of nitrogens with two attached hydrogens (primary N) is 1. The summed E-state index contributed by atoms with van der Waals surface area (Å²) >= 11 is 0. The van der Waals surface area contributed by atoms with Crippen LogP contribution >= 0.6 is 0 Å². The lowest BCUT2D eigenvalue weighted by molar-refractivity contribution is -0.119. The summed E-state index contributed by atoms with van der Waals surface area (Å²) in [7, 11) is -3.86. The number of benzene rings is 2. The predicted molar refractivity (Wildman–Crippen MR) is 87.9 cm³/mol. The molecule has 0 aliphatic heterocycles. The Balaban J connectivity index is 1.94. The lowest BCUT2D eigenvalue weighted by Gasteiger charge is -2.08. The van der Waals surface area contributed by atoms with Gasteiger partial charge in [-0.2, -0.15) is 0 Å². The standard InChI is InChI=1S/C16H16N2O5S/c1-11-5-7-12(8-6-11)16(20)23-10-15(19)18-13-3-2-4-14(9-13)24(17,21)22/h2-9H,10H2,1H3,(H,18,19)(H2,17,21,22). The quantitative estimate of drug-likeness (QED) is 0.793. The van der Waals surface area contributed by atoms with Crippen LogP contribution in [0, 0.1) is 6.92 Å². The maximum atomic E-state index is 11.8. The monoisotopic (exact) mass is 348 g/mol. The van der Waals surface area contributed by atoms with Crippen LogP contribution in [0.4, 0.5) is 5.69 Å². The van der Waals surface area contributed by atoms with E-state index < -0.39 is 28.5 Å². The van der Waals surface area contributed by atoms with E-state index in [0.717, 1.165) is 5.56 Å². The zero-order chi connectivity index (χ0) is 17.7. The molecule has 0 radical (unpaired) electrons. The SMILES string of the molecule is Cc1ccc(C(=O)OCC(=O)Nc2cccc(S(N)(=O)=O)c2)cc1. The highest BCUT2D eigenvalue weighted by Gasteiger charge is 2.12. The molecule has 0 bridgehead atoms. The fraction of sp³-hybridized carbons (Fsp3) is 0.125. The molecule has 2 aromatic carbocycles. The van der Waals surface area contributed by atoms with Gasteiger partial charge in [0, 0.05) is 5.69 Å². The molecule has 2 aromatic rings. The number of primary sulfonamides is 1. The molecule has 0 aliphatic carbocycles.